The Labute approximate surface area is 96.6 Å². The Kier molecular flexibility index (Phi) is 4.81. The van der Waals surface area contributed by atoms with Crippen LogP contribution in [0.3, 0.4) is 0 Å². The van der Waals surface area contributed by atoms with Crippen LogP contribution in [0, 0.1) is 17.2 Å². The van der Waals surface area contributed by atoms with Crippen molar-refractivity contribution in [3.8, 4) is 11.8 Å². The molecule has 0 saturated heterocycles. The molecule has 0 aromatic heterocycles. The average molecular weight is 219 g/mol. The number of nitriles is 1. The van der Waals surface area contributed by atoms with E-state index in [1.165, 1.54) is 0 Å². The first-order valence-electron chi connectivity index (χ1n) is 5.32. The predicted molar refractivity (Wildman–Crippen MR) is 62.2 cm³/mol. The number of hydrogen-bond donors (Lipinski definition) is 0. The standard InChI is InChI=1S/C13H17NO2/c1-10(2)8-16-9-11-4-5-13(15-3)12(6-11)7-14/h4-6,10H,8-9H2,1-3H3. The highest BCUT2D eigenvalue weighted by Crippen LogP contribution is 2.19. The highest BCUT2D eigenvalue weighted by Gasteiger charge is 2.03. The number of benzene rings is 1. The van der Waals surface area contributed by atoms with Crippen molar-refractivity contribution < 1.29 is 9.47 Å². The molecule has 0 aliphatic heterocycles. The second kappa shape index (κ2) is 6.14. The van der Waals surface area contributed by atoms with Gasteiger partial charge in [-0.25, -0.2) is 0 Å². The first kappa shape index (κ1) is 12.5. The van der Waals surface area contributed by atoms with Gasteiger partial charge in [0.1, 0.15) is 11.8 Å². The zero-order valence-electron chi connectivity index (χ0n) is 9.99. The monoisotopic (exact) mass is 219 g/mol. The molecule has 0 spiro atoms. The van der Waals surface area contributed by atoms with Gasteiger partial charge in [-0.3, -0.25) is 0 Å². The Morgan fingerprint density at radius 3 is 2.69 bits per heavy atom. The van der Waals surface area contributed by atoms with Crippen molar-refractivity contribution >= 4 is 0 Å². The lowest BCUT2D eigenvalue weighted by Gasteiger charge is -2.08. The predicted octanol–water partition coefficient (Wildman–Crippen LogP) is 2.74. The highest BCUT2D eigenvalue weighted by molar-refractivity contribution is 5.45. The van der Waals surface area contributed by atoms with Crippen molar-refractivity contribution in [2.45, 2.75) is 20.5 Å². The highest BCUT2D eigenvalue weighted by atomic mass is 16.5. The van der Waals surface area contributed by atoms with Gasteiger partial charge in [-0.2, -0.15) is 5.26 Å². The summed E-state index contributed by atoms with van der Waals surface area (Å²) in [5, 5.41) is 8.92. The minimum absolute atomic E-state index is 0.522. The van der Waals surface area contributed by atoms with Gasteiger partial charge in [0.15, 0.2) is 0 Å². The Morgan fingerprint density at radius 1 is 1.38 bits per heavy atom. The summed E-state index contributed by atoms with van der Waals surface area (Å²) >= 11 is 0. The van der Waals surface area contributed by atoms with Crippen molar-refractivity contribution in [2.75, 3.05) is 13.7 Å². The van der Waals surface area contributed by atoms with Crippen LogP contribution in [0.5, 0.6) is 5.75 Å². The third-order valence-electron chi connectivity index (χ3n) is 2.10. The van der Waals surface area contributed by atoms with E-state index in [1.54, 1.807) is 19.2 Å². The van der Waals surface area contributed by atoms with Gasteiger partial charge >= 0.3 is 0 Å². The number of ether oxygens (including phenoxy) is 2. The first-order valence-corrected chi connectivity index (χ1v) is 5.32. The SMILES string of the molecule is COc1ccc(COCC(C)C)cc1C#N. The number of hydrogen-bond acceptors (Lipinski definition) is 3. The molecule has 0 aliphatic rings. The van der Waals surface area contributed by atoms with Crippen LogP contribution in [0.4, 0.5) is 0 Å². The first-order chi connectivity index (χ1) is 7.67. The van der Waals surface area contributed by atoms with E-state index in [4.69, 9.17) is 14.7 Å². The molecule has 1 aromatic rings. The normalized spacial score (nSPS) is 10.2. The number of rotatable bonds is 5. The maximum Gasteiger partial charge on any atom is 0.136 e. The maximum atomic E-state index is 8.92. The molecule has 16 heavy (non-hydrogen) atoms. The molecule has 0 amide bonds. The molecule has 0 bridgehead atoms. The molecule has 0 atom stereocenters. The van der Waals surface area contributed by atoms with Gasteiger partial charge in [-0.05, 0) is 23.6 Å². The zero-order chi connectivity index (χ0) is 12.0. The fraction of sp³-hybridized carbons (Fsp3) is 0.462. The largest absolute Gasteiger partial charge is 0.495 e. The quantitative estimate of drug-likeness (QED) is 0.764. The summed E-state index contributed by atoms with van der Waals surface area (Å²) in [7, 11) is 1.56. The van der Waals surface area contributed by atoms with E-state index in [2.05, 4.69) is 19.9 Å². The molecule has 0 aliphatic carbocycles. The fourth-order valence-electron chi connectivity index (χ4n) is 1.34. The van der Waals surface area contributed by atoms with Gasteiger partial charge in [0.25, 0.3) is 0 Å². The van der Waals surface area contributed by atoms with Crippen LogP contribution in [0.1, 0.15) is 25.0 Å². The van der Waals surface area contributed by atoms with Crippen LogP contribution >= 0.6 is 0 Å². The third kappa shape index (κ3) is 3.56. The zero-order valence-corrected chi connectivity index (χ0v) is 9.99. The molecule has 0 radical (unpaired) electrons. The van der Waals surface area contributed by atoms with E-state index in [0.717, 1.165) is 12.2 Å². The summed E-state index contributed by atoms with van der Waals surface area (Å²) in [6.07, 6.45) is 0. The lowest BCUT2D eigenvalue weighted by atomic mass is 10.1. The summed E-state index contributed by atoms with van der Waals surface area (Å²) in [5.41, 5.74) is 1.55. The topological polar surface area (TPSA) is 42.2 Å². The number of methoxy groups -OCH3 is 1. The van der Waals surface area contributed by atoms with Crippen molar-refractivity contribution in [1.82, 2.24) is 0 Å². The minimum atomic E-state index is 0.522. The maximum absolute atomic E-state index is 8.92. The molecule has 1 rings (SSSR count). The molecule has 86 valence electrons. The molecule has 0 saturated carbocycles. The van der Waals surface area contributed by atoms with Crippen LogP contribution in [0.25, 0.3) is 0 Å². The summed E-state index contributed by atoms with van der Waals surface area (Å²) in [6.45, 7) is 5.48. The van der Waals surface area contributed by atoms with Gasteiger partial charge < -0.3 is 9.47 Å². The number of nitrogens with zero attached hydrogens (tertiary/aromatic N) is 1. The lowest BCUT2D eigenvalue weighted by Crippen LogP contribution is -2.02. The van der Waals surface area contributed by atoms with Crippen molar-refractivity contribution in [2.24, 2.45) is 5.92 Å². The Bertz CT molecular complexity index is 380. The van der Waals surface area contributed by atoms with E-state index in [1.807, 2.05) is 6.07 Å². The molecule has 0 unspecified atom stereocenters. The fourth-order valence-corrected chi connectivity index (χ4v) is 1.34. The Morgan fingerprint density at radius 2 is 2.12 bits per heavy atom. The van der Waals surface area contributed by atoms with Gasteiger partial charge in [-0.15, -0.1) is 0 Å². The molecule has 3 heteroatoms. The van der Waals surface area contributed by atoms with E-state index in [9.17, 15) is 0 Å². The second-order valence-electron chi connectivity index (χ2n) is 4.06. The summed E-state index contributed by atoms with van der Waals surface area (Å²) in [4.78, 5) is 0. The van der Waals surface area contributed by atoms with Gasteiger partial charge in [0.2, 0.25) is 0 Å². The van der Waals surface area contributed by atoms with Crippen molar-refractivity contribution in [3.63, 3.8) is 0 Å². The van der Waals surface area contributed by atoms with Crippen LogP contribution in [0.15, 0.2) is 18.2 Å². The van der Waals surface area contributed by atoms with Gasteiger partial charge in [-0.1, -0.05) is 19.9 Å². The summed E-state index contributed by atoms with van der Waals surface area (Å²) in [5.74, 6) is 1.13. The average Bonchev–Trinajstić information content (AvgIpc) is 2.28. The minimum Gasteiger partial charge on any atom is -0.495 e. The Balaban J connectivity index is 2.65. The van der Waals surface area contributed by atoms with E-state index < -0.39 is 0 Å². The van der Waals surface area contributed by atoms with Gasteiger partial charge in [0, 0.05) is 6.61 Å². The van der Waals surface area contributed by atoms with Crippen molar-refractivity contribution in [3.05, 3.63) is 29.3 Å². The van der Waals surface area contributed by atoms with Crippen LogP contribution < -0.4 is 4.74 Å². The van der Waals surface area contributed by atoms with Crippen LogP contribution in [-0.2, 0) is 11.3 Å². The molecule has 0 fully saturated rings. The van der Waals surface area contributed by atoms with Crippen molar-refractivity contribution in [1.29, 1.82) is 5.26 Å². The molecule has 0 N–H and O–H groups in total. The molecular formula is C13H17NO2. The van der Waals surface area contributed by atoms with Crippen LogP contribution in [-0.4, -0.2) is 13.7 Å². The smallest absolute Gasteiger partial charge is 0.136 e. The molecule has 0 heterocycles. The van der Waals surface area contributed by atoms with E-state index in [0.29, 0.717) is 23.8 Å². The van der Waals surface area contributed by atoms with E-state index in [-0.39, 0.29) is 0 Å². The Hall–Kier alpha value is -1.53. The van der Waals surface area contributed by atoms with Crippen LogP contribution in [0.2, 0.25) is 0 Å². The molecule has 3 nitrogen and oxygen atoms in total. The molecular weight excluding hydrogens is 202 g/mol. The second-order valence-corrected chi connectivity index (χ2v) is 4.06. The van der Waals surface area contributed by atoms with E-state index >= 15 is 0 Å². The third-order valence-corrected chi connectivity index (χ3v) is 2.10. The summed E-state index contributed by atoms with van der Waals surface area (Å²) in [6, 6.07) is 7.63. The van der Waals surface area contributed by atoms with Gasteiger partial charge in [0.05, 0.1) is 19.3 Å². The summed E-state index contributed by atoms with van der Waals surface area (Å²) < 4.78 is 10.6. The lowest BCUT2D eigenvalue weighted by molar-refractivity contribution is 0.0970. The molecule has 1 aromatic carbocycles.